The van der Waals surface area contributed by atoms with Crippen molar-refractivity contribution in [3.05, 3.63) is 46.8 Å². The van der Waals surface area contributed by atoms with E-state index in [2.05, 4.69) is 10.4 Å². The first-order chi connectivity index (χ1) is 8.68. The lowest BCUT2D eigenvalue weighted by Gasteiger charge is -2.16. The normalized spacial score (nSPS) is 14.6. The Morgan fingerprint density at radius 3 is 2.72 bits per heavy atom. The summed E-state index contributed by atoms with van der Waals surface area (Å²) < 4.78 is 29.0. The Morgan fingerprint density at radius 2 is 2.00 bits per heavy atom. The largest absolute Gasteiger partial charge is 0.312 e. The van der Waals surface area contributed by atoms with Gasteiger partial charge in [0.05, 0.1) is 11.4 Å². The van der Waals surface area contributed by atoms with E-state index in [1.165, 1.54) is 22.9 Å². The lowest BCUT2D eigenvalue weighted by atomic mass is 10.1. The summed E-state index contributed by atoms with van der Waals surface area (Å²) in [5.41, 5.74) is 2.68. The number of fused-ring (bicyclic) bond motifs is 1. The van der Waals surface area contributed by atoms with Crippen molar-refractivity contribution in [2.75, 3.05) is 6.54 Å². The van der Waals surface area contributed by atoms with Crippen molar-refractivity contribution in [3.8, 4) is 5.69 Å². The fourth-order valence-electron chi connectivity index (χ4n) is 2.39. The zero-order valence-corrected chi connectivity index (χ0v) is 10.0. The highest BCUT2D eigenvalue weighted by molar-refractivity contribution is 5.40. The third-order valence-electron chi connectivity index (χ3n) is 3.28. The molecule has 2 heterocycles. The first kappa shape index (κ1) is 11.3. The van der Waals surface area contributed by atoms with Crippen LogP contribution in [0.5, 0.6) is 0 Å². The molecule has 0 amide bonds. The van der Waals surface area contributed by atoms with Crippen molar-refractivity contribution in [1.29, 1.82) is 0 Å². The standard InChI is InChI=1S/C13H13F2N3/c1-8-9-7-16-6-5-12(9)18(17-8)13-10(14)3-2-4-11(13)15/h2-4,16H,5-7H2,1H3. The van der Waals surface area contributed by atoms with Crippen LogP contribution in [0.1, 0.15) is 17.0 Å². The van der Waals surface area contributed by atoms with E-state index in [4.69, 9.17) is 0 Å². The minimum atomic E-state index is -0.584. The van der Waals surface area contributed by atoms with Crippen molar-refractivity contribution >= 4 is 0 Å². The number of aromatic nitrogens is 2. The van der Waals surface area contributed by atoms with Gasteiger partial charge >= 0.3 is 0 Å². The molecule has 3 nitrogen and oxygen atoms in total. The molecule has 0 spiro atoms. The molecule has 0 fully saturated rings. The van der Waals surface area contributed by atoms with Gasteiger partial charge in [-0.05, 0) is 19.1 Å². The average molecular weight is 249 g/mol. The molecule has 0 saturated heterocycles. The molecule has 5 heteroatoms. The highest BCUT2D eigenvalue weighted by atomic mass is 19.1. The summed E-state index contributed by atoms with van der Waals surface area (Å²) in [4.78, 5) is 0. The molecule has 94 valence electrons. The lowest BCUT2D eigenvalue weighted by Crippen LogP contribution is -2.25. The van der Waals surface area contributed by atoms with Crippen LogP contribution in [0.4, 0.5) is 8.78 Å². The van der Waals surface area contributed by atoms with Crippen LogP contribution in [-0.2, 0) is 13.0 Å². The van der Waals surface area contributed by atoms with Crippen LogP contribution in [0.15, 0.2) is 18.2 Å². The van der Waals surface area contributed by atoms with Crippen LogP contribution in [-0.4, -0.2) is 16.3 Å². The first-order valence-corrected chi connectivity index (χ1v) is 5.91. The zero-order valence-electron chi connectivity index (χ0n) is 10.0. The predicted molar refractivity (Wildman–Crippen MR) is 63.6 cm³/mol. The second-order valence-corrected chi connectivity index (χ2v) is 4.42. The fraction of sp³-hybridized carbons (Fsp3) is 0.308. The monoisotopic (exact) mass is 249 g/mol. The first-order valence-electron chi connectivity index (χ1n) is 5.91. The van der Waals surface area contributed by atoms with Crippen molar-refractivity contribution in [1.82, 2.24) is 15.1 Å². The maximum Gasteiger partial charge on any atom is 0.151 e. The minimum absolute atomic E-state index is 0.0799. The number of hydrogen-bond donors (Lipinski definition) is 1. The fourth-order valence-corrected chi connectivity index (χ4v) is 2.39. The maximum absolute atomic E-state index is 13.8. The van der Waals surface area contributed by atoms with E-state index in [0.717, 1.165) is 29.9 Å². The molecular weight excluding hydrogens is 236 g/mol. The van der Waals surface area contributed by atoms with Crippen molar-refractivity contribution in [2.45, 2.75) is 19.9 Å². The molecule has 2 aromatic rings. The van der Waals surface area contributed by atoms with Crippen LogP contribution in [0.2, 0.25) is 0 Å². The van der Waals surface area contributed by atoms with E-state index < -0.39 is 11.6 Å². The Hall–Kier alpha value is -1.75. The molecule has 1 aromatic carbocycles. The molecule has 3 rings (SSSR count). The molecular formula is C13H13F2N3. The second-order valence-electron chi connectivity index (χ2n) is 4.42. The summed E-state index contributed by atoms with van der Waals surface area (Å²) in [7, 11) is 0. The van der Waals surface area contributed by atoms with E-state index in [1.807, 2.05) is 6.92 Å². The molecule has 0 radical (unpaired) electrons. The van der Waals surface area contributed by atoms with Crippen molar-refractivity contribution in [2.24, 2.45) is 0 Å². The number of halogens is 2. The van der Waals surface area contributed by atoms with Crippen molar-refractivity contribution in [3.63, 3.8) is 0 Å². The summed E-state index contributed by atoms with van der Waals surface area (Å²) in [6.07, 6.45) is 0.726. The molecule has 1 aromatic heterocycles. The quantitative estimate of drug-likeness (QED) is 0.838. The van der Waals surface area contributed by atoms with Crippen LogP contribution in [0.25, 0.3) is 5.69 Å². The number of rotatable bonds is 1. The second kappa shape index (κ2) is 4.17. The van der Waals surface area contributed by atoms with E-state index in [1.54, 1.807) is 0 Å². The van der Waals surface area contributed by atoms with Crippen LogP contribution in [0, 0.1) is 18.6 Å². The van der Waals surface area contributed by atoms with Gasteiger partial charge in [0.2, 0.25) is 0 Å². The molecule has 0 aliphatic carbocycles. The van der Waals surface area contributed by atoms with Gasteiger partial charge in [-0.2, -0.15) is 5.10 Å². The van der Waals surface area contributed by atoms with Gasteiger partial charge in [0.15, 0.2) is 11.6 Å². The van der Waals surface area contributed by atoms with E-state index in [0.29, 0.717) is 6.54 Å². The number of aryl methyl sites for hydroxylation is 1. The Morgan fingerprint density at radius 1 is 1.28 bits per heavy atom. The third-order valence-corrected chi connectivity index (χ3v) is 3.28. The molecule has 18 heavy (non-hydrogen) atoms. The van der Waals surface area contributed by atoms with Gasteiger partial charge in [0.25, 0.3) is 0 Å². The topological polar surface area (TPSA) is 29.9 Å². The van der Waals surface area contributed by atoms with Gasteiger partial charge in [0.1, 0.15) is 5.69 Å². The van der Waals surface area contributed by atoms with Gasteiger partial charge in [-0.3, -0.25) is 0 Å². The Balaban J connectivity index is 2.24. The number of nitrogens with one attached hydrogen (secondary N) is 1. The molecule has 0 unspecified atom stereocenters. The number of benzene rings is 1. The summed E-state index contributed by atoms with van der Waals surface area (Å²) in [6, 6.07) is 3.87. The van der Waals surface area contributed by atoms with Crippen LogP contribution in [0.3, 0.4) is 0 Å². The number of para-hydroxylation sites is 1. The average Bonchev–Trinajstić information content (AvgIpc) is 2.68. The molecule has 1 aliphatic heterocycles. The Labute approximate surface area is 103 Å². The minimum Gasteiger partial charge on any atom is -0.312 e. The smallest absolute Gasteiger partial charge is 0.151 e. The number of hydrogen-bond acceptors (Lipinski definition) is 2. The summed E-state index contributed by atoms with van der Waals surface area (Å²) in [6.45, 7) is 3.37. The van der Waals surface area contributed by atoms with E-state index in [9.17, 15) is 8.78 Å². The highest BCUT2D eigenvalue weighted by Gasteiger charge is 2.22. The molecule has 0 bridgehead atoms. The summed E-state index contributed by atoms with van der Waals surface area (Å²) >= 11 is 0. The predicted octanol–water partition coefficient (Wildman–Crippen LogP) is 2.10. The van der Waals surface area contributed by atoms with E-state index >= 15 is 0 Å². The Bertz CT molecular complexity index is 584. The van der Waals surface area contributed by atoms with Crippen LogP contribution < -0.4 is 5.32 Å². The van der Waals surface area contributed by atoms with Gasteiger partial charge < -0.3 is 5.32 Å². The highest BCUT2D eigenvalue weighted by Crippen LogP contribution is 2.24. The van der Waals surface area contributed by atoms with Crippen molar-refractivity contribution < 1.29 is 8.78 Å². The third kappa shape index (κ3) is 1.62. The molecule has 1 aliphatic rings. The molecule has 1 N–H and O–H groups in total. The summed E-state index contributed by atoms with van der Waals surface area (Å²) in [5, 5.41) is 7.52. The zero-order chi connectivity index (χ0) is 12.7. The van der Waals surface area contributed by atoms with Gasteiger partial charge in [0, 0.05) is 25.1 Å². The Kier molecular flexibility index (Phi) is 2.63. The van der Waals surface area contributed by atoms with Gasteiger partial charge in [-0.25, -0.2) is 13.5 Å². The maximum atomic E-state index is 13.8. The van der Waals surface area contributed by atoms with Crippen LogP contribution >= 0.6 is 0 Å². The van der Waals surface area contributed by atoms with Gasteiger partial charge in [-0.1, -0.05) is 6.07 Å². The van der Waals surface area contributed by atoms with E-state index in [-0.39, 0.29) is 5.69 Å². The number of nitrogens with zero attached hydrogens (tertiary/aromatic N) is 2. The lowest BCUT2D eigenvalue weighted by molar-refractivity contribution is 0.548. The molecule has 0 atom stereocenters. The van der Waals surface area contributed by atoms with Gasteiger partial charge in [-0.15, -0.1) is 0 Å². The summed E-state index contributed by atoms with van der Waals surface area (Å²) in [5.74, 6) is -1.17. The SMILES string of the molecule is Cc1nn(-c2c(F)cccc2F)c2c1CNCC2. The molecule has 0 saturated carbocycles.